The van der Waals surface area contributed by atoms with Crippen molar-refractivity contribution in [1.82, 2.24) is 10.3 Å². The van der Waals surface area contributed by atoms with Crippen molar-refractivity contribution < 1.29 is 4.79 Å². The van der Waals surface area contributed by atoms with E-state index in [0.29, 0.717) is 11.8 Å². The van der Waals surface area contributed by atoms with Crippen LogP contribution < -0.4 is 11.3 Å². The molecular weight excluding hydrogens is 154 g/mol. The molecule has 1 rings (SSSR count). The zero-order valence-corrected chi connectivity index (χ0v) is 7.71. The van der Waals surface area contributed by atoms with Gasteiger partial charge in [-0.05, 0) is 18.3 Å². The second-order valence-corrected chi connectivity index (χ2v) is 3.69. The summed E-state index contributed by atoms with van der Waals surface area (Å²) in [5.74, 6) is 6.33. The third-order valence-electron chi connectivity index (χ3n) is 2.58. The van der Waals surface area contributed by atoms with Crippen molar-refractivity contribution in [1.29, 1.82) is 0 Å². The van der Waals surface area contributed by atoms with Gasteiger partial charge in [-0.25, -0.2) is 10.6 Å². The number of hydrogen-bond acceptors (Lipinski definition) is 2. The molecule has 2 amide bonds. The molecule has 0 aromatic rings. The number of nitrogens with two attached hydrogens (primary N) is 1. The Morgan fingerprint density at radius 3 is 2.75 bits per heavy atom. The first-order valence-electron chi connectivity index (χ1n) is 4.40. The number of nitrogens with zero attached hydrogens (tertiary/aromatic N) is 1. The summed E-state index contributed by atoms with van der Waals surface area (Å²) in [4.78, 5) is 12.8. The molecule has 4 heteroatoms. The van der Waals surface area contributed by atoms with E-state index in [2.05, 4.69) is 19.3 Å². The highest BCUT2D eigenvalue weighted by molar-refractivity contribution is 5.73. The van der Waals surface area contributed by atoms with Crippen LogP contribution in [0.5, 0.6) is 0 Å². The van der Waals surface area contributed by atoms with Gasteiger partial charge in [0.05, 0.1) is 0 Å². The molecule has 0 bridgehead atoms. The maximum absolute atomic E-state index is 11.1. The Balaban J connectivity index is 2.40. The first-order valence-corrected chi connectivity index (χ1v) is 4.40. The third-order valence-corrected chi connectivity index (χ3v) is 2.58. The Kier molecular flexibility index (Phi) is 2.92. The molecule has 0 aliphatic carbocycles. The number of likely N-dealkylation sites (tertiary alicyclic amines) is 1. The Morgan fingerprint density at radius 2 is 2.33 bits per heavy atom. The van der Waals surface area contributed by atoms with E-state index in [0.717, 1.165) is 19.5 Å². The van der Waals surface area contributed by atoms with Crippen molar-refractivity contribution in [2.45, 2.75) is 20.3 Å². The quantitative estimate of drug-likeness (QED) is 0.344. The van der Waals surface area contributed by atoms with Crippen molar-refractivity contribution in [2.75, 3.05) is 13.1 Å². The van der Waals surface area contributed by atoms with Crippen LogP contribution in [0.2, 0.25) is 0 Å². The maximum atomic E-state index is 11.1. The third kappa shape index (κ3) is 1.88. The molecule has 70 valence electrons. The lowest BCUT2D eigenvalue weighted by Gasteiger charge is -2.16. The minimum absolute atomic E-state index is 0.154. The summed E-state index contributed by atoms with van der Waals surface area (Å²) in [5, 5.41) is 0. The van der Waals surface area contributed by atoms with Gasteiger partial charge in [0, 0.05) is 13.1 Å². The number of urea groups is 1. The van der Waals surface area contributed by atoms with E-state index in [1.165, 1.54) is 0 Å². The predicted octanol–water partition coefficient (Wildman–Crippen LogP) is 0.548. The van der Waals surface area contributed by atoms with E-state index < -0.39 is 0 Å². The summed E-state index contributed by atoms with van der Waals surface area (Å²) in [6.45, 7) is 6.07. The molecule has 1 atom stereocenters. The Morgan fingerprint density at radius 1 is 1.67 bits per heavy atom. The van der Waals surface area contributed by atoms with Crippen molar-refractivity contribution in [3.05, 3.63) is 0 Å². The molecule has 1 aliphatic heterocycles. The largest absolute Gasteiger partial charge is 0.331 e. The van der Waals surface area contributed by atoms with Gasteiger partial charge >= 0.3 is 6.03 Å². The molecule has 0 radical (unpaired) electrons. The topological polar surface area (TPSA) is 58.4 Å². The maximum Gasteiger partial charge on any atom is 0.331 e. The van der Waals surface area contributed by atoms with Crippen molar-refractivity contribution >= 4 is 6.03 Å². The number of carbonyl (C=O) groups excluding carboxylic acids is 1. The van der Waals surface area contributed by atoms with Gasteiger partial charge < -0.3 is 4.90 Å². The Bertz CT molecular complexity index is 170. The molecule has 1 unspecified atom stereocenters. The van der Waals surface area contributed by atoms with E-state index in [1.54, 1.807) is 4.90 Å². The Hall–Kier alpha value is -0.770. The van der Waals surface area contributed by atoms with Gasteiger partial charge in [-0.15, -0.1) is 0 Å². The lowest BCUT2D eigenvalue weighted by Crippen LogP contribution is -2.42. The first kappa shape index (κ1) is 9.32. The number of hydrogen-bond donors (Lipinski definition) is 2. The van der Waals surface area contributed by atoms with Crippen LogP contribution in [0, 0.1) is 11.8 Å². The highest BCUT2D eigenvalue weighted by atomic mass is 16.2. The van der Waals surface area contributed by atoms with Gasteiger partial charge in [0.1, 0.15) is 0 Å². The van der Waals surface area contributed by atoms with Crippen molar-refractivity contribution in [3.8, 4) is 0 Å². The minimum Gasteiger partial charge on any atom is -0.323 e. The van der Waals surface area contributed by atoms with Crippen LogP contribution in [0.3, 0.4) is 0 Å². The average Bonchev–Trinajstić information content (AvgIpc) is 2.51. The van der Waals surface area contributed by atoms with E-state index in [4.69, 9.17) is 5.84 Å². The monoisotopic (exact) mass is 171 g/mol. The van der Waals surface area contributed by atoms with Gasteiger partial charge in [0.2, 0.25) is 0 Å². The van der Waals surface area contributed by atoms with Crippen LogP contribution in [0.1, 0.15) is 20.3 Å². The SMILES string of the molecule is CC(C)C1CCN(C(=O)NN)C1. The van der Waals surface area contributed by atoms with E-state index in [1.807, 2.05) is 0 Å². The zero-order chi connectivity index (χ0) is 9.14. The number of nitrogens with one attached hydrogen (secondary N) is 1. The van der Waals surface area contributed by atoms with Crippen molar-refractivity contribution in [3.63, 3.8) is 0 Å². The molecule has 12 heavy (non-hydrogen) atoms. The molecule has 1 saturated heterocycles. The molecule has 4 nitrogen and oxygen atoms in total. The minimum atomic E-state index is -0.154. The van der Waals surface area contributed by atoms with Crippen LogP contribution in [0.15, 0.2) is 0 Å². The molecule has 0 saturated carbocycles. The summed E-state index contributed by atoms with van der Waals surface area (Å²) < 4.78 is 0. The molecule has 0 spiro atoms. The fraction of sp³-hybridized carbons (Fsp3) is 0.875. The summed E-state index contributed by atoms with van der Waals surface area (Å²) in [5.41, 5.74) is 2.15. The zero-order valence-electron chi connectivity index (χ0n) is 7.71. The number of amides is 2. The lowest BCUT2D eigenvalue weighted by atomic mass is 9.95. The average molecular weight is 171 g/mol. The highest BCUT2D eigenvalue weighted by Gasteiger charge is 2.27. The van der Waals surface area contributed by atoms with Gasteiger partial charge in [-0.1, -0.05) is 13.8 Å². The van der Waals surface area contributed by atoms with Gasteiger partial charge in [-0.2, -0.15) is 0 Å². The summed E-state index contributed by atoms with van der Waals surface area (Å²) >= 11 is 0. The molecule has 3 N–H and O–H groups in total. The lowest BCUT2D eigenvalue weighted by molar-refractivity contribution is 0.205. The van der Waals surface area contributed by atoms with Crippen LogP contribution in [0.25, 0.3) is 0 Å². The van der Waals surface area contributed by atoms with Crippen LogP contribution >= 0.6 is 0 Å². The summed E-state index contributed by atoms with van der Waals surface area (Å²) in [6, 6.07) is -0.154. The summed E-state index contributed by atoms with van der Waals surface area (Å²) in [7, 11) is 0. The predicted molar refractivity (Wildman–Crippen MR) is 47.2 cm³/mol. The smallest absolute Gasteiger partial charge is 0.323 e. The van der Waals surface area contributed by atoms with Crippen LogP contribution in [-0.2, 0) is 0 Å². The normalized spacial score (nSPS) is 23.3. The van der Waals surface area contributed by atoms with Gasteiger partial charge in [0.25, 0.3) is 0 Å². The van der Waals surface area contributed by atoms with Gasteiger partial charge in [0.15, 0.2) is 0 Å². The molecule has 1 aliphatic rings. The van der Waals surface area contributed by atoms with E-state index >= 15 is 0 Å². The second-order valence-electron chi connectivity index (χ2n) is 3.69. The highest BCUT2D eigenvalue weighted by Crippen LogP contribution is 2.23. The van der Waals surface area contributed by atoms with E-state index in [9.17, 15) is 4.79 Å². The Labute approximate surface area is 73.1 Å². The first-order chi connectivity index (χ1) is 5.65. The summed E-state index contributed by atoms with van der Waals surface area (Å²) in [6.07, 6.45) is 1.10. The van der Waals surface area contributed by atoms with Gasteiger partial charge in [-0.3, -0.25) is 5.43 Å². The van der Waals surface area contributed by atoms with E-state index in [-0.39, 0.29) is 6.03 Å². The second kappa shape index (κ2) is 3.76. The molecule has 0 aromatic heterocycles. The van der Waals surface area contributed by atoms with Crippen molar-refractivity contribution in [2.24, 2.45) is 17.7 Å². The van der Waals surface area contributed by atoms with Crippen LogP contribution in [0.4, 0.5) is 4.79 Å². The fourth-order valence-corrected chi connectivity index (χ4v) is 1.61. The number of carbonyl (C=O) groups is 1. The number of rotatable bonds is 1. The molecule has 0 aromatic carbocycles. The molecule has 1 heterocycles. The van der Waals surface area contributed by atoms with Crippen LogP contribution in [-0.4, -0.2) is 24.0 Å². The fourth-order valence-electron chi connectivity index (χ4n) is 1.61. The molecular formula is C8H17N3O. The standard InChI is InChI=1S/C8H17N3O/c1-6(2)7-3-4-11(5-7)8(12)10-9/h6-7H,3-5,9H2,1-2H3,(H,10,12). The molecule has 1 fully saturated rings. The number of hydrazine groups is 1.